The highest BCUT2D eigenvalue weighted by molar-refractivity contribution is 9.10. The molecule has 2 rings (SSSR count). The Morgan fingerprint density at radius 1 is 1.25 bits per heavy atom. The predicted molar refractivity (Wildman–Crippen MR) is 88.0 cm³/mol. The molecule has 2 N–H and O–H groups in total. The van der Waals surface area contributed by atoms with Crippen molar-refractivity contribution in [2.45, 2.75) is 17.4 Å². The average molecular weight is 375 g/mol. The highest BCUT2D eigenvalue weighted by Gasteiger charge is 2.09. The molecule has 0 heterocycles. The van der Waals surface area contributed by atoms with Crippen molar-refractivity contribution >= 4 is 39.3 Å². The van der Waals surface area contributed by atoms with Gasteiger partial charge in [-0.15, -0.1) is 11.8 Å². The Bertz CT molecular complexity index is 594. The Labute approximate surface area is 135 Å². The molecular weight excluding hydrogens is 361 g/mol. The molecule has 5 heteroatoms. The van der Waals surface area contributed by atoms with Gasteiger partial charge in [-0.3, -0.25) is 0 Å². The van der Waals surface area contributed by atoms with Gasteiger partial charge in [-0.2, -0.15) is 0 Å². The van der Waals surface area contributed by atoms with Crippen LogP contribution in [0.15, 0.2) is 51.8 Å². The maximum absolute atomic E-state index is 13.7. The van der Waals surface area contributed by atoms with Gasteiger partial charge in [0.15, 0.2) is 0 Å². The van der Waals surface area contributed by atoms with E-state index < -0.39 is 0 Å². The van der Waals surface area contributed by atoms with E-state index in [0.717, 1.165) is 15.1 Å². The lowest BCUT2D eigenvalue weighted by molar-refractivity contribution is 0.596. The third kappa shape index (κ3) is 4.77. The number of hydrogen-bond acceptors (Lipinski definition) is 2. The van der Waals surface area contributed by atoms with Crippen LogP contribution in [0.4, 0.5) is 4.39 Å². The molecule has 0 aliphatic rings. The van der Waals surface area contributed by atoms with Gasteiger partial charge in [-0.25, -0.2) is 4.39 Å². The monoisotopic (exact) mass is 373 g/mol. The molecule has 0 amide bonds. The van der Waals surface area contributed by atoms with E-state index >= 15 is 0 Å². The third-order valence-electron chi connectivity index (χ3n) is 2.76. The Hall–Kier alpha value is -0.550. The highest BCUT2D eigenvalue weighted by Crippen LogP contribution is 2.23. The minimum atomic E-state index is -0.220. The Morgan fingerprint density at radius 2 is 2.05 bits per heavy atom. The predicted octanol–water partition coefficient (Wildman–Crippen LogP) is 4.90. The Kier molecular flexibility index (Phi) is 5.90. The van der Waals surface area contributed by atoms with E-state index in [-0.39, 0.29) is 11.9 Å². The zero-order chi connectivity index (χ0) is 14.5. The van der Waals surface area contributed by atoms with Gasteiger partial charge in [0.05, 0.1) is 0 Å². The molecule has 1 atom stereocenters. The first-order chi connectivity index (χ1) is 9.54. The summed E-state index contributed by atoms with van der Waals surface area (Å²) in [4.78, 5) is 1.07. The van der Waals surface area contributed by atoms with Gasteiger partial charge in [0.2, 0.25) is 0 Å². The van der Waals surface area contributed by atoms with Crippen LogP contribution < -0.4 is 5.73 Å². The Morgan fingerprint density at radius 3 is 2.75 bits per heavy atom. The van der Waals surface area contributed by atoms with E-state index in [0.29, 0.717) is 17.0 Å². The molecule has 0 radical (unpaired) electrons. The number of hydrogen-bond donors (Lipinski definition) is 1. The first-order valence-electron chi connectivity index (χ1n) is 6.12. The van der Waals surface area contributed by atoms with Crippen LogP contribution >= 0.6 is 39.3 Å². The molecule has 106 valence electrons. The van der Waals surface area contributed by atoms with Crippen molar-refractivity contribution in [3.05, 3.63) is 63.3 Å². The average Bonchev–Trinajstić information content (AvgIpc) is 2.40. The molecule has 2 aromatic carbocycles. The maximum Gasteiger partial charge on any atom is 0.127 e. The lowest BCUT2D eigenvalue weighted by Gasteiger charge is -2.12. The standard InChI is InChI=1S/C15H14BrClFNS/c16-11-5-4-10(15(18)7-11)6-13(19)9-20-14-3-1-2-12(17)8-14/h1-5,7-8,13H,6,9,19H2. The first-order valence-corrected chi connectivity index (χ1v) is 8.28. The second kappa shape index (κ2) is 7.46. The molecule has 0 bridgehead atoms. The fourth-order valence-electron chi connectivity index (χ4n) is 1.79. The first kappa shape index (κ1) is 15.8. The van der Waals surface area contributed by atoms with E-state index in [1.807, 2.05) is 30.3 Å². The van der Waals surface area contributed by atoms with Crippen molar-refractivity contribution in [3.8, 4) is 0 Å². The topological polar surface area (TPSA) is 26.0 Å². The largest absolute Gasteiger partial charge is 0.327 e. The summed E-state index contributed by atoms with van der Waals surface area (Å²) >= 11 is 10.8. The molecule has 20 heavy (non-hydrogen) atoms. The number of halogens is 3. The summed E-state index contributed by atoms with van der Waals surface area (Å²) < 4.78 is 14.5. The quantitative estimate of drug-likeness (QED) is 0.753. The van der Waals surface area contributed by atoms with Crippen LogP contribution in [0.3, 0.4) is 0 Å². The van der Waals surface area contributed by atoms with Crippen LogP contribution in [0.25, 0.3) is 0 Å². The summed E-state index contributed by atoms with van der Waals surface area (Å²) in [5.74, 6) is 0.498. The second-order valence-corrected chi connectivity index (χ2v) is 6.91. The van der Waals surface area contributed by atoms with Crippen molar-refractivity contribution in [1.29, 1.82) is 0 Å². The van der Waals surface area contributed by atoms with Gasteiger partial charge in [-0.1, -0.05) is 39.7 Å². The lowest BCUT2D eigenvalue weighted by Crippen LogP contribution is -2.26. The molecule has 0 spiro atoms. The smallest absolute Gasteiger partial charge is 0.127 e. The molecule has 0 saturated heterocycles. The molecule has 1 nitrogen and oxygen atoms in total. The summed E-state index contributed by atoms with van der Waals surface area (Å²) in [5, 5.41) is 0.711. The van der Waals surface area contributed by atoms with Crippen LogP contribution in [0.1, 0.15) is 5.56 Å². The summed E-state index contributed by atoms with van der Waals surface area (Å²) in [7, 11) is 0. The SMILES string of the molecule is NC(CSc1cccc(Cl)c1)Cc1ccc(Br)cc1F. The number of benzene rings is 2. The van der Waals surface area contributed by atoms with E-state index in [2.05, 4.69) is 15.9 Å². The second-order valence-electron chi connectivity index (χ2n) is 4.47. The fraction of sp³-hybridized carbons (Fsp3) is 0.200. The lowest BCUT2D eigenvalue weighted by atomic mass is 10.1. The fourth-order valence-corrected chi connectivity index (χ4v) is 3.29. The Balaban J connectivity index is 1.90. The molecule has 0 aromatic heterocycles. The number of rotatable bonds is 5. The molecule has 0 saturated carbocycles. The molecule has 0 fully saturated rings. The number of nitrogens with two attached hydrogens (primary N) is 1. The molecule has 0 aliphatic carbocycles. The third-order valence-corrected chi connectivity index (χ3v) is 4.67. The summed E-state index contributed by atoms with van der Waals surface area (Å²) in [6, 6.07) is 12.6. The van der Waals surface area contributed by atoms with Crippen LogP contribution in [0.5, 0.6) is 0 Å². The van der Waals surface area contributed by atoms with Gasteiger partial charge in [0, 0.05) is 26.2 Å². The van der Waals surface area contributed by atoms with E-state index in [1.54, 1.807) is 17.8 Å². The van der Waals surface area contributed by atoms with Gasteiger partial charge in [0.25, 0.3) is 0 Å². The summed E-state index contributed by atoms with van der Waals surface area (Å²) in [6.07, 6.45) is 0.521. The van der Waals surface area contributed by atoms with E-state index in [1.165, 1.54) is 6.07 Å². The molecule has 0 aliphatic heterocycles. The van der Waals surface area contributed by atoms with Crippen molar-refractivity contribution in [3.63, 3.8) is 0 Å². The summed E-state index contributed by atoms with van der Waals surface area (Å²) in [5.41, 5.74) is 6.71. The van der Waals surface area contributed by atoms with E-state index in [4.69, 9.17) is 17.3 Å². The normalized spacial score (nSPS) is 12.4. The zero-order valence-electron chi connectivity index (χ0n) is 10.7. The van der Waals surface area contributed by atoms with E-state index in [9.17, 15) is 4.39 Å². The number of thioether (sulfide) groups is 1. The molecule has 2 aromatic rings. The van der Waals surface area contributed by atoms with Crippen molar-refractivity contribution in [2.24, 2.45) is 5.73 Å². The van der Waals surface area contributed by atoms with Crippen molar-refractivity contribution < 1.29 is 4.39 Å². The van der Waals surface area contributed by atoms with Gasteiger partial charge in [-0.05, 0) is 42.3 Å². The summed E-state index contributed by atoms with van der Waals surface area (Å²) in [6.45, 7) is 0. The van der Waals surface area contributed by atoms with Gasteiger partial charge < -0.3 is 5.73 Å². The van der Waals surface area contributed by atoms with Gasteiger partial charge in [0.1, 0.15) is 5.82 Å². The maximum atomic E-state index is 13.7. The molecule has 1 unspecified atom stereocenters. The van der Waals surface area contributed by atoms with Gasteiger partial charge >= 0.3 is 0 Å². The van der Waals surface area contributed by atoms with Crippen LogP contribution in [0.2, 0.25) is 5.02 Å². The zero-order valence-corrected chi connectivity index (χ0v) is 13.8. The molecular formula is C15H14BrClFNS. The van der Waals surface area contributed by atoms with Crippen LogP contribution in [-0.4, -0.2) is 11.8 Å². The van der Waals surface area contributed by atoms with Crippen molar-refractivity contribution in [1.82, 2.24) is 0 Å². The minimum absolute atomic E-state index is 0.102. The highest BCUT2D eigenvalue weighted by atomic mass is 79.9. The van der Waals surface area contributed by atoms with Crippen LogP contribution in [-0.2, 0) is 6.42 Å². The van der Waals surface area contributed by atoms with Crippen molar-refractivity contribution in [2.75, 3.05) is 5.75 Å². The minimum Gasteiger partial charge on any atom is -0.327 e. The van der Waals surface area contributed by atoms with Crippen LogP contribution in [0, 0.1) is 5.82 Å².